The summed E-state index contributed by atoms with van der Waals surface area (Å²) in [5, 5.41) is 3.27. The van der Waals surface area contributed by atoms with Crippen LogP contribution >= 0.6 is 0 Å². The second-order valence-electron chi connectivity index (χ2n) is 4.59. The number of anilines is 1. The van der Waals surface area contributed by atoms with Crippen molar-refractivity contribution < 1.29 is 4.79 Å². The van der Waals surface area contributed by atoms with Crippen LogP contribution in [0.2, 0.25) is 0 Å². The molecule has 5 heteroatoms. The Morgan fingerprint density at radius 3 is 2.84 bits per heavy atom. The smallest absolute Gasteiger partial charge is 0.253 e. The van der Waals surface area contributed by atoms with E-state index in [1.807, 2.05) is 42.1 Å². The maximum atomic E-state index is 11.9. The second-order valence-corrected chi connectivity index (χ2v) is 4.59. The zero-order valence-corrected chi connectivity index (χ0v) is 11.4. The molecule has 0 bridgehead atoms. The van der Waals surface area contributed by atoms with Gasteiger partial charge >= 0.3 is 0 Å². The molecule has 5 nitrogen and oxygen atoms in total. The van der Waals surface area contributed by atoms with Crippen molar-refractivity contribution in [3.8, 4) is 0 Å². The number of amides is 1. The highest BCUT2D eigenvalue weighted by Gasteiger charge is 2.08. The maximum absolute atomic E-state index is 11.9. The van der Waals surface area contributed by atoms with Crippen LogP contribution in [0, 0.1) is 0 Å². The van der Waals surface area contributed by atoms with Gasteiger partial charge in [0.15, 0.2) is 0 Å². The third kappa shape index (κ3) is 3.13. The first kappa shape index (κ1) is 13.1. The molecule has 0 saturated heterocycles. The van der Waals surface area contributed by atoms with Gasteiger partial charge in [0.05, 0.1) is 6.54 Å². The van der Waals surface area contributed by atoms with Gasteiger partial charge in [-0.3, -0.25) is 4.79 Å². The summed E-state index contributed by atoms with van der Waals surface area (Å²) >= 11 is 0. The molecule has 0 unspecified atom stereocenters. The van der Waals surface area contributed by atoms with Crippen molar-refractivity contribution in [3.63, 3.8) is 0 Å². The minimum atomic E-state index is 0.000594. The van der Waals surface area contributed by atoms with E-state index >= 15 is 0 Å². The largest absolute Gasteiger partial charge is 0.378 e. The highest BCUT2D eigenvalue weighted by atomic mass is 16.2. The Balaban J connectivity index is 2.07. The minimum Gasteiger partial charge on any atom is -0.378 e. The molecule has 0 aliphatic rings. The summed E-state index contributed by atoms with van der Waals surface area (Å²) in [4.78, 5) is 17.7. The number of benzene rings is 1. The molecule has 1 amide bonds. The van der Waals surface area contributed by atoms with Gasteiger partial charge < -0.3 is 14.8 Å². The first-order chi connectivity index (χ1) is 9.08. The first-order valence-electron chi connectivity index (χ1n) is 6.09. The molecule has 100 valence electrons. The van der Waals surface area contributed by atoms with Crippen LogP contribution in [0.5, 0.6) is 0 Å². The molecule has 2 rings (SSSR count). The van der Waals surface area contributed by atoms with Crippen molar-refractivity contribution in [2.75, 3.05) is 19.4 Å². The number of aryl methyl sites for hydroxylation is 1. The van der Waals surface area contributed by atoms with Crippen LogP contribution in [0.4, 0.5) is 5.69 Å². The summed E-state index contributed by atoms with van der Waals surface area (Å²) in [6, 6.07) is 7.48. The van der Waals surface area contributed by atoms with E-state index in [4.69, 9.17) is 0 Å². The zero-order valence-electron chi connectivity index (χ0n) is 11.4. The quantitative estimate of drug-likeness (QED) is 0.908. The van der Waals surface area contributed by atoms with Gasteiger partial charge in [-0.1, -0.05) is 6.07 Å². The lowest BCUT2D eigenvalue weighted by atomic mass is 10.2. The van der Waals surface area contributed by atoms with Gasteiger partial charge in [0.25, 0.3) is 5.91 Å². The lowest BCUT2D eigenvalue weighted by molar-refractivity contribution is 0.0827. The topological polar surface area (TPSA) is 50.2 Å². The number of hydrogen-bond acceptors (Lipinski definition) is 3. The number of carbonyl (C=O) groups is 1. The maximum Gasteiger partial charge on any atom is 0.253 e. The summed E-state index contributed by atoms with van der Waals surface area (Å²) in [6.45, 7) is 0.628. The average Bonchev–Trinajstić information content (AvgIpc) is 2.81. The van der Waals surface area contributed by atoms with Crippen molar-refractivity contribution in [3.05, 3.63) is 48.0 Å². The normalized spacial score (nSPS) is 10.3. The number of rotatable bonds is 4. The van der Waals surface area contributed by atoms with E-state index in [1.165, 1.54) is 0 Å². The standard InChI is InChI=1S/C14H18N4O/c1-17(2)14(19)11-5-4-6-12(9-11)16-10-13-15-7-8-18(13)3/h4-9,16H,10H2,1-3H3. The van der Waals surface area contributed by atoms with Crippen LogP contribution in [-0.4, -0.2) is 34.5 Å². The first-order valence-corrected chi connectivity index (χ1v) is 6.09. The number of imidazole rings is 1. The lowest BCUT2D eigenvalue weighted by Gasteiger charge is -2.12. The molecule has 1 heterocycles. The molecule has 0 atom stereocenters. The van der Waals surface area contributed by atoms with Crippen LogP contribution in [0.3, 0.4) is 0 Å². The van der Waals surface area contributed by atoms with Crippen LogP contribution in [-0.2, 0) is 13.6 Å². The number of nitrogens with zero attached hydrogens (tertiary/aromatic N) is 3. The van der Waals surface area contributed by atoms with Gasteiger partial charge in [0.1, 0.15) is 5.82 Å². The van der Waals surface area contributed by atoms with Gasteiger partial charge in [-0.05, 0) is 18.2 Å². The molecule has 0 spiro atoms. The van der Waals surface area contributed by atoms with E-state index in [0.717, 1.165) is 11.5 Å². The molecule has 1 N–H and O–H groups in total. The molecule has 0 fully saturated rings. The Labute approximate surface area is 112 Å². The highest BCUT2D eigenvalue weighted by Crippen LogP contribution is 2.13. The fourth-order valence-corrected chi connectivity index (χ4v) is 1.77. The third-order valence-corrected chi connectivity index (χ3v) is 2.89. The van der Waals surface area contributed by atoms with Crippen LogP contribution in [0.1, 0.15) is 16.2 Å². The van der Waals surface area contributed by atoms with Gasteiger partial charge in [-0.25, -0.2) is 4.98 Å². The van der Waals surface area contributed by atoms with Crippen molar-refractivity contribution in [1.82, 2.24) is 14.5 Å². The van der Waals surface area contributed by atoms with E-state index in [-0.39, 0.29) is 5.91 Å². The fourth-order valence-electron chi connectivity index (χ4n) is 1.77. The molecule has 0 aliphatic heterocycles. The second kappa shape index (κ2) is 5.56. The Hall–Kier alpha value is -2.30. The minimum absolute atomic E-state index is 0.000594. The zero-order chi connectivity index (χ0) is 13.8. The van der Waals surface area contributed by atoms with Gasteiger partial charge in [0, 0.05) is 44.8 Å². The van der Waals surface area contributed by atoms with E-state index in [2.05, 4.69) is 10.3 Å². The summed E-state index contributed by atoms with van der Waals surface area (Å²) in [7, 11) is 5.45. The molecule has 1 aromatic heterocycles. The Morgan fingerprint density at radius 1 is 1.42 bits per heavy atom. The average molecular weight is 258 g/mol. The van der Waals surface area contributed by atoms with Crippen LogP contribution < -0.4 is 5.32 Å². The van der Waals surface area contributed by atoms with Crippen LogP contribution in [0.15, 0.2) is 36.7 Å². The number of carbonyl (C=O) groups excluding carboxylic acids is 1. The fraction of sp³-hybridized carbons (Fsp3) is 0.286. The molecule has 2 aromatic rings. The molecule has 0 aliphatic carbocycles. The number of hydrogen-bond donors (Lipinski definition) is 1. The number of nitrogens with one attached hydrogen (secondary N) is 1. The van der Waals surface area contributed by atoms with Crippen LogP contribution in [0.25, 0.3) is 0 Å². The Bertz CT molecular complexity index is 574. The van der Waals surface area contributed by atoms with Crippen molar-refractivity contribution in [1.29, 1.82) is 0 Å². The van der Waals surface area contributed by atoms with Crippen molar-refractivity contribution in [2.24, 2.45) is 7.05 Å². The summed E-state index contributed by atoms with van der Waals surface area (Å²) in [5.41, 5.74) is 1.59. The third-order valence-electron chi connectivity index (χ3n) is 2.89. The molecular formula is C14H18N4O. The number of aromatic nitrogens is 2. The molecule has 19 heavy (non-hydrogen) atoms. The van der Waals surface area contributed by atoms with E-state index in [0.29, 0.717) is 12.1 Å². The SMILES string of the molecule is CN(C)C(=O)c1cccc(NCc2nccn2C)c1. The van der Waals surface area contributed by atoms with Gasteiger partial charge in [-0.15, -0.1) is 0 Å². The monoisotopic (exact) mass is 258 g/mol. The molecule has 0 radical (unpaired) electrons. The predicted octanol–water partition coefficient (Wildman–Crippen LogP) is 1.73. The van der Waals surface area contributed by atoms with Gasteiger partial charge in [-0.2, -0.15) is 0 Å². The van der Waals surface area contributed by atoms with E-state index in [1.54, 1.807) is 25.2 Å². The summed E-state index contributed by atoms with van der Waals surface area (Å²) < 4.78 is 1.96. The van der Waals surface area contributed by atoms with Gasteiger partial charge in [0.2, 0.25) is 0 Å². The van der Waals surface area contributed by atoms with Crippen molar-refractivity contribution >= 4 is 11.6 Å². The summed E-state index contributed by atoms with van der Waals surface area (Å²) in [6.07, 6.45) is 3.67. The lowest BCUT2D eigenvalue weighted by Crippen LogP contribution is -2.21. The molecular weight excluding hydrogens is 240 g/mol. The molecule has 0 saturated carbocycles. The predicted molar refractivity (Wildman–Crippen MR) is 75.0 cm³/mol. The highest BCUT2D eigenvalue weighted by molar-refractivity contribution is 5.94. The Morgan fingerprint density at radius 2 is 2.21 bits per heavy atom. The molecule has 1 aromatic carbocycles. The van der Waals surface area contributed by atoms with E-state index < -0.39 is 0 Å². The van der Waals surface area contributed by atoms with Crippen molar-refractivity contribution in [2.45, 2.75) is 6.54 Å². The summed E-state index contributed by atoms with van der Waals surface area (Å²) in [5.74, 6) is 0.949. The van der Waals surface area contributed by atoms with E-state index in [9.17, 15) is 4.79 Å². The Kier molecular flexibility index (Phi) is 3.85.